The van der Waals surface area contributed by atoms with Crippen LogP contribution in [0.2, 0.25) is 0 Å². The molecule has 17 heavy (non-hydrogen) atoms. The molecule has 0 aromatic carbocycles. The van der Waals surface area contributed by atoms with E-state index in [-0.39, 0.29) is 24.6 Å². The van der Waals surface area contributed by atoms with Crippen LogP contribution in [0.15, 0.2) is 6.20 Å². The third-order valence-corrected chi connectivity index (χ3v) is 2.75. The van der Waals surface area contributed by atoms with Gasteiger partial charge in [0.25, 0.3) is 0 Å². The number of rotatable bonds is 3. The van der Waals surface area contributed by atoms with Gasteiger partial charge < -0.3 is 5.32 Å². The van der Waals surface area contributed by atoms with Gasteiger partial charge in [-0.3, -0.25) is 5.43 Å². The zero-order valence-electron chi connectivity index (χ0n) is 9.10. The lowest BCUT2D eigenvalue weighted by Crippen LogP contribution is -2.39. The van der Waals surface area contributed by atoms with Crippen LogP contribution in [0.4, 0.5) is 24.9 Å². The second-order valence-corrected chi connectivity index (χ2v) is 4.07. The third-order valence-electron chi connectivity index (χ3n) is 2.75. The van der Waals surface area contributed by atoms with E-state index < -0.39 is 11.7 Å². The van der Waals surface area contributed by atoms with Gasteiger partial charge in [0, 0.05) is 11.8 Å². The van der Waals surface area contributed by atoms with Crippen LogP contribution in [0.3, 0.4) is 0 Å². The molecule has 1 aromatic rings. The number of nitrogens with two attached hydrogens (primary N) is 1. The molecule has 1 aliphatic rings. The van der Waals surface area contributed by atoms with Crippen molar-refractivity contribution in [3.63, 3.8) is 0 Å². The minimum atomic E-state index is -4.28. The fourth-order valence-electron chi connectivity index (χ4n) is 1.47. The molecule has 0 atom stereocenters. The average molecular weight is 247 g/mol. The average Bonchev–Trinajstić information content (AvgIpc) is 3.01. The highest BCUT2D eigenvalue weighted by molar-refractivity contribution is 5.50. The minimum Gasteiger partial charge on any atom is -0.356 e. The van der Waals surface area contributed by atoms with Crippen molar-refractivity contribution in [2.24, 2.45) is 5.84 Å². The standard InChI is InChI=1S/C9H12F3N5/c1-5-4-14-7(17-13)15-6(5)16-8(2-3-8)9(10,11)12/h4H,2-3,13H2,1H3,(H2,14,15,16,17). The molecule has 1 aliphatic carbocycles. The largest absolute Gasteiger partial charge is 0.411 e. The highest BCUT2D eigenvalue weighted by atomic mass is 19.4. The van der Waals surface area contributed by atoms with E-state index in [1.165, 1.54) is 6.20 Å². The zero-order valence-corrected chi connectivity index (χ0v) is 9.10. The maximum Gasteiger partial charge on any atom is 0.411 e. The van der Waals surface area contributed by atoms with E-state index in [4.69, 9.17) is 5.84 Å². The van der Waals surface area contributed by atoms with E-state index >= 15 is 0 Å². The van der Waals surface area contributed by atoms with Crippen molar-refractivity contribution in [1.29, 1.82) is 0 Å². The summed E-state index contributed by atoms with van der Waals surface area (Å²) in [7, 11) is 0. The van der Waals surface area contributed by atoms with Gasteiger partial charge in [0.1, 0.15) is 11.4 Å². The summed E-state index contributed by atoms with van der Waals surface area (Å²) in [5, 5.41) is 2.44. The Kier molecular flexibility index (Phi) is 2.61. The van der Waals surface area contributed by atoms with Gasteiger partial charge in [0.15, 0.2) is 0 Å². The van der Waals surface area contributed by atoms with Crippen LogP contribution in [-0.2, 0) is 0 Å². The first-order chi connectivity index (χ1) is 7.88. The van der Waals surface area contributed by atoms with Gasteiger partial charge in [0.2, 0.25) is 5.95 Å². The van der Waals surface area contributed by atoms with Crippen LogP contribution in [-0.4, -0.2) is 21.7 Å². The first-order valence-electron chi connectivity index (χ1n) is 5.03. The molecule has 0 spiro atoms. The number of hydrogen-bond donors (Lipinski definition) is 3. The van der Waals surface area contributed by atoms with Crippen molar-refractivity contribution in [2.45, 2.75) is 31.5 Å². The van der Waals surface area contributed by atoms with Crippen LogP contribution in [0.5, 0.6) is 0 Å². The van der Waals surface area contributed by atoms with Crippen LogP contribution >= 0.6 is 0 Å². The first kappa shape index (κ1) is 11.9. The van der Waals surface area contributed by atoms with E-state index in [1.807, 2.05) is 0 Å². The topological polar surface area (TPSA) is 75.9 Å². The number of aryl methyl sites for hydroxylation is 1. The molecule has 1 heterocycles. The van der Waals surface area contributed by atoms with Crippen LogP contribution in [0, 0.1) is 6.92 Å². The number of hydrazine groups is 1. The van der Waals surface area contributed by atoms with Crippen molar-refractivity contribution >= 4 is 11.8 Å². The Morgan fingerprint density at radius 3 is 2.53 bits per heavy atom. The Bertz CT molecular complexity index is 427. The second kappa shape index (κ2) is 3.73. The fraction of sp³-hybridized carbons (Fsp3) is 0.556. The molecular formula is C9H12F3N5. The van der Waals surface area contributed by atoms with E-state index in [9.17, 15) is 13.2 Å². The number of aromatic nitrogens is 2. The number of nitrogen functional groups attached to an aromatic ring is 1. The van der Waals surface area contributed by atoms with Crippen LogP contribution in [0.1, 0.15) is 18.4 Å². The SMILES string of the molecule is Cc1cnc(NN)nc1NC1(C(F)(F)F)CC1. The molecule has 0 saturated heterocycles. The highest BCUT2D eigenvalue weighted by Gasteiger charge is 2.63. The summed E-state index contributed by atoms with van der Waals surface area (Å²) in [5.74, 6) is 5.34. The Balaban J connectivity index is 2.25. The molecule has 0 bridgehead atoms. The lowest BCUT2D eigenvalue weighted by molar-refractivity contribution is -0.151. The van der Waals surface area contributed by atoms with Crippen molar-refractivity contribution in [3.8, 4) is 0 Å². The molecule has 4 N–H and O–H groups in total. The van der Waals surface area contributed by atoms with Crippen molar-refractivity contribution < 1.29 is 13.2 Å². The molecule has 8 heteroatoms. The summed E-state index contributed by atoms with van der Waals surface area (Å²) >= 11 is 0. The van der Waals surface area contributed by atoms with Gasteiger partial charge in [-0.15, -0.1) is 0 Å². The normalized spacial score (nSPS) is 17.7. The monoisotopic (exact) mass is 247 g/mol. The number of nitrogens with one attached hydrogen (secondary N) is 2. The zero-order chi connectivity index (χ0) is 12.7. The van der Waals surface area contributed by atoms with E-state index in [0.29, 0.717) is 5.56 Å². The molecule has 0 unspecified atom stereocenters. The molecule has 5 nitrogen and oxygen atoms in total. The summed E-state index contributed by atoms with van der Waals surface area (Å²) < 4.78 is 38.2. The van der Waals surface area contributed by atoms with Crippen LogP contribution in [0.25, 0.3) is 0 Å². The molecule has 1 saturated carbocycles. The molecule has 1 fully saturated rings. The number of nitrogens with zero attached hydrogens (tertiary/aromatic N) is 2. The van der Waals surface area contributed by atoms with Gasteiger partial charge in [0.05, 0.1) is 0 Å². The van der Waals surface area contributed by atoms with Gasteiger partial charge in [-0.1, -0.05) is 0 Å². The van der Waals surface area contributed by atoms with Gasteiger partial charge >= 0.3 is 6.18 Å². The molecule has 2 rings (SSSR count). The van der Waals surface area contributed by atoms with Gasteiger partial charge in [-0.25, -0.2) is 10.8 Å². The number of hydrogen-bond acceptors (Lipinski definition) is 5. The van der Waals surface area contributed by atoms with Crippen molar-refractivity contribution in [3.05, 3.63) is 11.8 Å². The minimum absolute atomic E-state index is 0.0608. The van der Waals surface area contributed by atoms with Crippen molar-refractivity contribution in [1.82, 2.24) is 9.97 Å². The quantitative estimate of drug-likeness (QED) is 0.558. The van der Waals surface area contributed by atoms with Crippen molar-refractivity contribution in [2.75, 3.05) is 10.7 Å². The smallest absolute Gasteiger partial charge is 0.356 e. The number of alkyl halides is 3. The fourth-order valence-corrected chi connectivity index (χ4v) is 1.47. The molecule has 0 radical (unpaired) electrons. The number of anilines is 2. The third kappa shape index (κ3) is 2.12. The van der Waals surface area contributed by atoms with Gasteiger partial charge in [-0.05, 0) is 19.8 Å². The lowest BCUT2D eigenvalue weighted by Gasteiger charge is -2.22. The summed E-state index contributed by atoms with van der Waals surface area (Å²) in [5.41, 5.74) is 0.902. The summed E-state index contributed by atoms with van der Waals surface area (Å²) in [6, 6.07) is 0. The molecule has 1 aromatic heterocycles. The Hall–Kier alpha value is -1.57. The van der Waals surface area contributed by atoms with E-state index in [2.05, 4.69) is 20.7 Å². The second-order valence-electron chi connectivity index (χ2n) is 4.07. The van der Waals surface area contributed by atoms with Crippen LogP contribution < -0.4 is 16.6 Å². The molecule has 0 amide bonds. The molecule has 94 valence electrons. The Morgan fingerprint density at radius 2 is 2.06 bits per heavy atom. The molecular weight excluding hydrogens is 235 g/mol. The first-order valence-corrected chi connectivity index (χ1v) is 5.03. The van der Waals surface area contributed by atoms with Gasteiger partial charge in [-0.2, -0.15) is 18.2 Å². The van der Waals surface area contributed by atoms with E-state index in [1.54, 1.807) is 6.92 Å². The maximum atomic E-state index is 12.7. The Labute approximate surface area is 95.6 Å². The van der Waals surface area contributed by atoms with E-state index in [0.717, 1.165) is 0 Å². The highest BCUT2D eigenvalue weighted by Crippen LogP contribution is 2.51. The Morgan fingerprint density at radius 1 is 1.41 bits per heavy atom. The maximum absolute atomic E-state index is 12.7. The summed E-state index contributed by atoms with van der Waals surface area (Å²) in [4.78, 5) is 7.67. The predicted molar refractivity (Wildman–Crippen MR) is 56.2 cm³/mol. The summed E-state index contributed by atoms with van der Waals surface area (Å²) in [6.45, 7) is 1.63. The number of halogens is 3. The summed E-state index contributed by atoms with van der Waals surface area (Å²) in [6.07, 6.45) is -2.74. The molecule has 0 aliphatic heterocycles. The predicted octanol–water partition coefficient (Wildman–Crippen LogP) is 1.58. The lowest BCUT2D eigenvalue weighted by atomic mass is 10.2.